The Morgan fingerprint density at radius 3 is 2.30 bits per heavy atom. The van der Waals surface area contributed by atoms with Crippen LogP contribution in [0.4, 0.5) is 10.1 Å². The molecule has 0 unspecified atom stereocenters. The molecule has 4 aliphatic rings. The van der Waals surface area contributed by atoms with E-state index in [9.17, 15) is 24.7 Å². The molecule has 2 aliphatic carbocycles. The second kappa shape index (κ2) is 27.1. The number of nitro groups is 1. The van der Waals surface area contributed by atoms with Crippen LogP contribution in [0.2, 0.25) is 0 Å². The Hall–Kier alpha value is -5.15. The van der Waals surface area contributed by atoms with Crippen molar-refractivity contribution in [2.75, 3.05) is 46.1 Å². The molecule has 14 heteroatoms. The van der Waals surface area contributed by atoms with E-state index in [-0.39, 0.29) is 74.6 Å². The number of rotatable bonds is 32. The summed E-state index contributed by atoms with van der Waals surface area (Å²) in [4.78, 5) is 36.7. The molecule has 1 amide bonds. The third kappa shape index (κ3) is 14.3. The third-order valence-electron chi connectivity index (χ3n) is 14.9. The summed E-state index contributed by atoms with van der Waals surface area (Å²) >= 11 is 0. The van der Waals surface area contributed by atoms with Gasteiger partial charge in [-0.15, -0.1) is 6.58 Å². The molecule has 386 valence electrons. The Balaban J connectivity index is 1.35. The minimum absolute atomic E-state index is 0.0228. The van der Waals surface area contributed by atoms with Gasteiger partial charge in [0, 0.05) is 75.8 Å². The molecule has 7 rings (SSSR count). The molecule has 0 spiro atoms. The minimum atomic E-state index is -1.46. The molecular formula is C57H77FN4O9. The van der Waals surface area contributed by atoms with Gasteiger partial charge in [-0.1, -0.05) is 101 Å². The van der Waals surface area contributed by atoms with Crippen LogP contribution in [0, 0.1) is 33.7 Å². The van der Waals surface area contributed by atoms with Gasteiger partial charge in [0.1, 0.15) is 36.6 Å². The van der Waals surface area contributed by atoms with Crippen molar-refractivity contribution >= 4 is 17.3 Å². The molecule has 0 bridgehead atoms. The number of halogens is 1. The second-order valence-electron chi connectivity index (χ2n) is 19.9. The molecule has 1 saturated heterocycles. The van der Waals surface area contributed by atoms with Gasteiger partial charge < -0.3 is 34.2 Å². The minimum Gasteiger partial charge on any atom is -0.492 e. The molecule has 2 fully saturated rings. The highest BCUT2D eigenvalue weighted by molar-refractivity contribution is 6.03. The number of aliphatic hydroxyl groups excluding tert-OH is 2. The first kappa shape index (κ1) is 53.6. The van der Waals surface area contributed by atoms with Crippen LogP contribution < -0.4 is 9.47 Å². The number of ether oxygens (including phenoxy) is 3. The number of nitrogens with zero attached hydrogens (tertiary/aromatic N) is 4. The molecule has 71 heavy (non-hydrogen) atoms. The highest BCUT2D eigenvalue weighted by atomic mass is 19.1. The van der Waals surface area contributed by atoms with Gasteiger partial charge in [-0.2, -0.15) is 0 Å². The van der Waals surface area contributed by atoms with Crippen molar-refractivity contribution in [3.05, 3.63) is 124 Å². The van der Waals surface area contributed by atoms with Crippen LogP contribution in [0.1, 0.15) is 139 Å². The van der Waals surface area contributed by atoms with Crippen LogP contribution in [0.5, 0.6) is 11.5 Å². The number of allylic oxidation sites excluding steroid dienone is 1. The van der Waals surface area contributed by atoms with Crippen molar-refractivity contribution in [3.8, 4) is 11.5 Å². The van der Waals surface area contributed by atoms with Gasteiger partial charge in [0.25, 0.3) is 5.69 Å². The summed E-state index contributed by atoms with van der Waals surface area (Å²) in [6.45, 7) is 10.3. The van der Waals surface area contributed by atoms with Crippen LogP contribution in [0.15, 0.2) is 96.2 Å². The van der Waals surface area contributed by atoms with Crippen LogP contribution >= 0.6 is 0 Å². The Morgan fingerprint density at radius 1 is 0.930 bits per heavy atom. The van der Waals surface area contributed by atoms with Gasteiger partial charge in [-0.3, -0.25) is 19.8 Å². The van der Waals surface area contributed by atoms with Crippen molar-refractivity contribution in [2.45, 2.75) is 147 Å². The molecule has 13 nitrogen and oxygen atoms in total. The van der Waals surface area contributed by atoms with E-state index < -0.39 is 22.7 Å². The maximum absolute atomic E-state index is 15.2. The van der Waals surface area contributed by atoms with Gasteiger partial charge in [-0.25, -0.2) is 4.39 Å². The lowest BCUT2D eigenvalue weighted by atomic mass is 9.55. The Labute approximate surface area is 420 Å². The topological polar surface area (TPSA) is 156 Å². The molecule has 0 aromatic heterocycles. The van der Waals surface area contributed by atoms with E-state index in [1.807, 2.05) is 17.0 Å². The fraction of sp³-hybridized carbons (Fsp3) is 0.579. The number of hydrogen-bond acceptors (Lipinski definition) is 11. The average Bonchev–Trinajstić information content (AvgIpc) is 4.21. The molecule has 2 heterocycles. The molecular weight excluding hydrogens is 904 g/mol. The van der Waals surface area contributed by atoms with E-state index in [1.54, 1.807) is 30.3 Å². The number of nitro benzene ring substituents is 1. The van der Waals surface area contributed by atoms with Crippen molar-refractivity contribution in [2.24, 2.45) is 22.9 Å². The normalized spacial score (nSPS) is 22.7. The number of benzene rings is 3. The monoisotopic (exact) mass is 981 g/mol. The number of aliphatic hydroxyl groups is 2. The first-order valence-corrected chi connectivity index (χ1v) is 26.5. The van der Waals surface area contributed by atoms with Crippen LogP contribution in [-0.2, 0) is 27.5 Å². The zero-order chi connectivity index (χ0) is 50.0. The van der Waals surface area contributed by atoms with Crippen LogP contribution in [0.3, 0.4) is 0 Å². The van der Waals surface area contributed by atoms with Crippen molar-refractivity contribution < 1.29 is 43.4 Å². The number of oxime groups is 1. The first-order valence-electron chi connectivity index (χ1n) is 26.5. The first-order chi connectivity index (χ1) is 34.7. The molecule has 3 aromatic carbocycles. The quantitative estimate of drug-likeness (QED) is 0.0203. The van der Waals surface area contributed by atoms with Gasteiger partial charge in [0.2, 0.25) is 11.7 Å². The lowest BCUT2D eigenvalue weighted by Crippen LogP contribution is -2.70. The highest BCUT2D eigenvalue weighted by Crippen LogP contribution is 2.62. The van der Waals surface area contributed by atoms with E-state index >= 15 is 4.79 Å². The lowest BCUT2D eigenvalue weighted by molar-refractivity contribution is -0.384. The van der Waals surface area contributed by atoms with Gasteiger partial charge >= 0.3 is 0 Å². The fourth-order valence-electron chi connectivity index (χ4n) is 11.1. The molecule has 6 atom stereocenters. The Bertz CT molecular complexity index is 2230. The molecule has 1 saturated carbocycles. The Morgan fingerprint density at radius 2 is 1.62 bits per heavy atom. The van der Waals surface area contributed by atoms with Crippen molar-refractivity contribution in [1.29, 1.82) is 0 Å². The summed E-state index contributed by atoms with van der Waals surface area (Å²) in [6, 6.07) is 17.8. The fourth-order valence-corrected chi connectivity index (χ4v) is 11.1. The van der Waals surface area contributed by atoms with E-state index in [2.05, 4.69) is 30.5 Å². The van der Waals surface area contributed by atoms with Crippen molar-refractivity contribution in [3.63, 3.8) is 0 Å². The van der Waals surface area contributed by atoms with E-state index in [0.717, 1.165) is 87.0 Å². The van der Waals surface area contributed by atoms with Gasteiger partial charge in [0.15, 0.2) is 0 Å². The summed E-state index contributed by atoms with van der Waals surface area (Å²) in [6.07, 6.45) is 18.9. The summed E-state index contributed by atoms with van der Waals surface area (Å²) < 4.78 is 35.6. The maximum Gasteiger partial charge on any atom is 0.269 e. The van der Waals surface area contributed by atoms with Crippen molar-refractivity contribution in [1.82, 2.24) is 9.80 Å². The number of carbonyl (C=O) groups is 1. The van der Waals surface area contributed by atoms with Crippen LogP contribution in [-0.4, -0.2) is 94.4 Å². The number of non-ortho nitro benzene ring substituents is 1. The van der Waals surface area contributed by atoms with E-state index in [1.165, 1.54) is 56.4 Å². The van der Waals surface area contributed by atoms with Gasteiger partial charge in [0.05, 0.1) is 23.2 Å². The van der Waals surface area contributed by atoms with Crippen LogP contribution in [0.25, 0.3) is 0 Å². The summed E-state index contributed by atoms with van der Waals surface area (Å²) in [5.74, 6) is -1.22. The number of hydrogen-bond donors (Lipinski definition) is 2. The highest BCUT2D eigenvalue weighted by Gasteiger charge is 2.65. The molecule has 0 radical (unpaired) electrons. The largest absolute Gasteiger partial charge is 0.492 e. The number of carbonyl (C=O) groups excluding carboxylic acids is 1. The Kier molecular flexibility index (Phi) is 20.4. The third-order valence-corrected chi connectivity index (χ3v) is 14.9. The number of unbranched alkanes of at least 4 members (excludes halogenated alkanes) is 10. The number of fused-ring (bicyclic) bond motifs is 2. The lowest BCUT2D eigenvalue weighted by Gasteiger charge is -2.60. The predicted octanol–water partition coefficient (Wildman–Crippen LogP) is 11.2. The van der Waals surface area contributed by atoms with E-state index in [4.69, 9.17) is 24.2 Å². The van der Waals surface area contributed by atoms with E-state index in [0.29, 0.717) is 49.3 Å². The zero-order valence-electron chi connectivity index (χ0n) is 41.9. The summed E-state index contributed by atoms with van der Waals surface area (Å²) in [5, 5.41) is 36.5. The smallest absolute Gasteiger partial charge is 0.269 e. The summed E-state index contributed by atoms with van der Waals surface area (Å²) in [5.41, 5.74) is 3.95. The maximum atomic E-state index is 15.2. The second-order valence-corrected chi connectivity index (χ2v) is 19.9. The molecule has 3 aromatic rings. The molecule has 2 aliphatic heterocycles. The SMILES string of the molecule is C=CCO[C@@]12Oc3ccc(OCCN4CC4)cc3[C@H]3[C@H](CCCCO)[C@@H](CCCCO)C=C(C(=NOCc4ccc([N+](=O)[O-])cc4)C[C@@H]1N(Cc1ccc(F)cc1)C(=O)CCCCCCCCCCC)[C@H]32. The number of amides is 1. The molecule has 2 N–H and O–H groups in total. The zero-order valence-corrected chi connectivity index (χ0v) is 41.9. The predicted molar refractivity (Wildman–Crippen MR) is 274 cm³/mol. The van der Waals surface area contributed by atoms with Gasteiger partial charge in [-0.05, 0) is 103 Å². The average molecular weight is 981 g/mol. The summed E-state index contributed by atoms with van der Waals surface area (Å²) in [7, 11) is 0. The standard InChI is InChI=1S/C57H77FN4O9/c1-3-5-6-7-8-9-10-11-12-19-54(65)61(40-42-20-24-45(58)25-21-42)53-39-51(59-70-41-43-22-26-46(27-23-43)62(66)67)49-37-44(17-13-15-33-63)48(18-14-16-34-64)55-50-38-47(68-36-32-60-30-31-60)28-29-52(50)71-57(53,56(49)55)69-35-4-2/h4,20-29,37-38,44,48,53,55-56,63-64H,2-3,5-19,30-36,39-41H2,1H3/t44-,48+,53-,55+,56+,57+/m0/s1.